The summed E-state index contributed by atoms with van der Waals surface area (Å²) in [5.74, 6) is 0.280. The Labute approximate surface area is 96.9 Å². The lowest BCUT2D eigenvalue weighted by Crippen LogP contribution is -2.25. The van der Waals surface area contributed by atoms with E-state index in [9.17, 15) is 0 Å². The van der Waals surface area contributed by atoms with Crippen LogP contribution >= 0.6 is 0 Å². The van der Waals surface area contributed by atoms with Gasteiger partial charge in [0.2, 0.25) is 0 Å². The normalized spacial score (nSPS) is 12.7. The topological polar surface area (TPSA) is 26.0 Å². The molecule has 2 N–H and O–H groups in total. The van der Waals surface area contributed by atoms with Crippen molar-refractivity contribution in [3.8, 4) is 0 Å². The maximum Gasteiger partial charge on any atom is 0.0238 e. The van der Waals surface area contributed by atoms with Gasteiger partial charge in [-0.2, -0.15) is 0 Å². The highest BCUT2D eigenvalue weighted by Gasteiger charge is 2.17. The first-order valence-corrected chi connectivity index (χ1v) is 5.64. The second kappa shape index (κ2) is 4.95. The largest absolute Gasteiger partial charge is 0.327 e. The molecule has 0 heterocycles. The van der Waals surface area contributed by atoms with Crippen LogP contribution in [0.5, 0.6) is 0 Å². The number of nitrogens with two attached hydrogens (primary N) is 1. The summed E-state index contributed by atoms with van der Waals surface area (Å²) in [5.41, 5.74) is 8.66. The van der Waals surface area contributed by atoms with Gasteiger partial charge < -0.3 is 5.73 Å². The Morgan fingerprint density at radius 2 is 1.12 bits per heavy atom. The van der Waals surface area contributed by atoms with E-state index in [1.54, 1.807) is 0 Å². The molecule has 0 bridgehead atoms. The first-order valence-electron chi connectivity index (χ1n) is 5.64. The molecule has 0 saturated heterocycles. The Bertz CT molecular complexity index is 380. The van der Waals surface area contributed by atoms with Gasteiger partial charge in [-0.25, -0.2) is 0 Å². The van der Waals surface area contributed by atoms with Crippen molar-refractivity contribution in [1.29, 1.82) is 0 Å². The lowest BCUT2D eigenvalue weighted by atomic mass is 9.86. The van der Waals surface area contributed by atoms with Crippen molar-refractivity contribution in [2.24, 2.45) is 5.73 Å². The fraction of sp³-hybridized carbons (Fsp3) is 0.200. The number of hydrogen-bond acceptors (Lipinski definition) is 1. The Kier molecular flexibility index (Phi) is 3.37. The van der Waals surface area contributed by atoms with E-state index in [-0.39, 0.29) is 12.0 Å². The fourth-order valence-corrected chi connectivity index (χ4v) is 2.12. The van der Waals surface area contributed by atoms with Crippen LogP contribution < -0.4 is 5.73 Å². The molecule has 0 amide bonds. The number of benzene rings is 2. The third-order valence-corrected chi connectivity index (χ3v) is 2.84. The van der Waals surface area contributed by atoms with Crippen molar-refractivity contribution in [3.05, 3.63) is 71.8 Å². The summed E-state index contributed by atoms with van der Waals surface area (Å²) in [4.78, 5) is 0. The smallest absolute Gasteiger partial charge is 0.0238 e. The molecule has 16 heavy (non-hydrogen) atoms. The van der Waals surface area contributed by atoms with Crippen LogP contribution in [0, 0.1) is 0 Å². The molecule has 2 rings (SSSR count). The molecule has 0 spiro atoms. The first kappa shape index (κ1) is 10.9. The Hall–Kier alpha value is -1.60. The van der Waals surface area contributed by atoms with E-state index in [2.05, 4.69) is 55.5 Å². The lowest BCUT2D eigenvalue weighted by molar-refractivity contribution is 0.645. The van der Waals surface area contributed by atoms with Gasteiger partial charge in [0.1, 0.15) is 0 Å². The van der Waals surface area contributed by atoms with E-state index >= 15 is 0 Å². The van der Waals surface area contributed by atoms with Crippen molar-refractivity contribution in [1.82, 2.24) is 0 Å². The SMILES string of the molecule is C[C@H](N)C(c1ccccc1)c1ccccc1. The summed E-state index contributed by atoms with van der Waals surface area (Å²) in [7, 11) is 0. The molecular weight excluding hydrogens is 194 g/mol. The zero-order valence-electron chi connectivity index (χ0n) is 9.51. The molecule has 1 atom stereocenters. The van der Waals surface area contributed by atoms with Crippen LogP contribution in [0.4, 0.5) is 0 Å². The minimum absolute atomic E-state index is 0.116. The second-order valence-corrected chi connectivity index (χ2v) is 4.16. The predicted molar refractivity (Wildman–Crippen MR) is 68.4 cm³/mol. The summed E-state index contributed by atoms with van der Waals surface area (Å²) in [6, 6.07) is 21.0. The molecule has 0 aliphatic heterocycles. The van der Waals surface area contributed by atoms with Gasteiger partial charge >= 0.3 is 0 Å². The summed E-state index contributed by atoms with van der Waals surface area (Å²) in [5, 5.41) is 0. The van der Waals surface area contributed by atoms with Crippen LogP contribution in [0.15, 0.2) is 60.7 Å². The standard InChI is InChI=1S/C15H17N/c1-12(16)15(13-8-4-2-5-9-13)14-10-6-3-7-11-14/h2-12,15H,16H2,1H3/t12-/m0/s1. The summed E-state index contributed by atoms with van der Waals surface area (Å²) in [6.45, 7) is 2.06. The highest BCUT2D eigenvalue weighted by Crippen LogP contribution is 2.26. The van der Waals surface area contributed by atoms with Crippen molar-refractivity contribution >= 4 is 0 Å². The van der Waals surface area contributed by atoms with Gasteiger partial charge in [0.05, 0.1) is 0 Å². The molecule has 82 valence electrons. The highest BCUT2D eigenvalue weighted by molar-refractivity contribution is 5.33. The van der Waals surface area contributed by atoms with Gasteiger partial charge in [0, 0.05) is 12.0 Å². The van der Waals surface area contributed by atoms with E-state index in [0.717, 1.165) is 0 Å². The third-order valence-electron chi connectivity index (χ3n) is 2.84. The molecule has 0 radical (unpaired) electrons. The molecule has 2 aromatic carbocycles. The fourth-order valence-electron chi connectivity index (χ4n) is 2.12. The summed E-state index contributed by atoms with van der Waals surface area (Å²) in [6.07, 6.45) is 0. The summed E-state index contributed by atoms with van der Waals surface area (Å²) >= 11 is 0. The monoisotopic (exact) mass is 211 g/mol. The van der Waals surface area contributed by atoms with E-state index in [1.165, 1.54) is 11.1 Å². The number of rotatable bonds is 3. The molecule has 0 aromatic heterocycles. The molecule has 0 aliphatic rings. The average molecular weight is 211 g/mol. The van der Waals surface area contributed by atoms with E-state index in [1.807, 2.05) is 12.1 Å². The van der Waals surface area contributed by atoms with Gasteiger partial charge in [0.15, 0.2) is 0 Å². The van der Waals surface area contributed by atoms with Crippen LogP contribution in [0.1, 0.15) is 24.0 Å². The molecule has 2 aromatic rings. The zero-order chi connectivity index (χ0) is 11.4. The quantitative estimate of drug-likeness (QED) is 0.829. The van der Waals surface area contributed by atoms with Crippen molar-refractivity contribution in [3.63, 3.8) is 0 Å². The molecule has 0 saturated carbocycles. The zero-order valence-corrected chi connectivity index (χ0v) is 9.51. The average Bonchev–Trinajstić information content (AvgIpc) is 2.31. The highest BCUT2D eigenvalue weighted by atomic mass is 14.6. The van der Waals surface area contributed by atoms with E-state index < -0.39 is 0 Å². The minimum Gasteiger partial charge on any atom is -0.327 e. The van der Waals surface area contributed by atoms with Crippen LogP contribution in [0.3, 0.4) is 0 Å². The Morgan fingerprint density at radius 3 is 1.44 bits per heavy atom. The van der Waals surface area contributed by atoms with Crippen LogP contribution in [-0.4, -0.2) is 6.04 Å². The van der Waals surface area contributed by atoms with Crippen molar-refractivity contribution in [2.75, 3.05) is 0 Å². The van der Waals surface area contributed by atoms with Gasteiger partial charge in [0.25, 0.3) is 0 Å². The maximum absolute atomic E-state index is 6.10. The lowest BCUT2D eigenvalue weighted by Gasteiger charge is -2.21. The van der Waals surface area contributed by atoms with Gasteiger partial charge in [-0.3, -0.25) is 0 Å². The molecule has 0 fully saturated rings. The maximum atomic E-state index is 6.10. The minimum atomic E-state index is 0.116. The van der Waals surface area contributed by atoms with Gasteiger partial charge in [-0.15, -0.1) is 0 Å². The van der Waals surface area contributed by atoms with Crippen LogP contribution in [-0.2, 0) is 0 Å². The Balaban J connectivity index is 2.40. The van der Waals surface area contributed by atoms with E-state index in [0.29, 0.717) is 0 Å². The summed E-state index contributed by atoms with van der Waals surface area (Å²) < 4.78 is 0. The number of hydrogen-bond donors (Lipinski definition) is 1. The molecule has 0 unspecified atom stereocenters. The van der Waals surface area contributed by atoms with Gasteiger partial charge in [-0.1, -0.05) is 60.7 Å². The molecular formula is C15H17N. The first-order chi connectivity index (χ1) is 7.79. The molecule has 1 nitrogen and oxygen atoms in total. The predicted octanol–water partition coefficient (Wildman–Crippen LogP) is 3.17. The second-order valence-electron chi connectivity index (χ2n) is 4.16. The van der Waals surface area contributed by atoms with Crippen LogP contribution in [0.25, 0.3) is 0 Å². The van der Waals surface area contributed by atoms with Gasteiger partial charge in [-0.05, 0) is 18.1 Å². The van der Waals surface area contributed by atoms with Crippen LogP contribution in [0.2, 0.25) is 0 Å². The Morgan fingerprint density at radius 1 is 0.750 bits per heavy atom. The van der Waals surface area contributed by atoms with Crippen molar-refractivity contribution < 1.29 is 0 Å². The van der Waals surface area contributed by atoms with E-state index in [4.69, 9.17) is 5.73 Å². The van der Waals surface area contributed by atoms with Crippen molar-refractivity contribution in [2.45, 2.75) is 18.9 Å². The third kappa shape index (κ3) is 2.31. The molecule has 0 aliphatic carbocycles. The molecule has 1 heteroatoms.